The van der Waals surface area contributed by atoms with Gasteiger partial charge in [0.2, 0.25) is 5.91 Å². The van der Waals surface area contributed by atoms with Crippen LogP contribution in [0.3, 0.4) is 0 Å². The number of nitrogens with one attached hydrogen (secondary N) is 1. The van der Waals surface area contributed by atoms with Crippen LogP contribution in [0, 0.1) is 12.7 Å². The number of carbonyl (C=O) groups excluding carboxylic acids is 2. The van der Waals surface area contributed by atoms with Crippen LogP contribution in [0.4, 0.5) is 10.1 Å². The fourth-order valence-corrected chi connectivity index (χ4v) is 3.84. The monoisotopic (exact) mass is 422 g/mol. The number of carbonyl (C=O) groups is 2. The predicted octanol–water partition coefficient (Wildman–Crippen LogP) is 3.07. The van der Waals surface area contributed by atoms with Gasteiger partial charge < -0.3 is 10.1 Å². The number of ether oxygens (including phenoxy) is 1. The Bertz CT molecular complexity index is 1140. The number of hydrogen-bond donors (Lipinski definition) is 1. The number of anilines is 1. The fourth-order valence-electron chi connectivity index (χ4n) is 3.84. The second-order valence-electron chi connectivity index (χ2n) is 7.75. The lowest BCUT2D eigenvalue weighted by atomic mass is 9.93. The molecule has 0 saturated carbocycles. The number of benzene rings is 2. The Morgan fingerprint density at radius 2 is 1.97 bits per heavy atom. The molecule has 2 heterocycles. The summed E-state index contributed by atoms with van der Waals surface area (Å²) in [6.07, 6.45) is 0. The summed E-state index contributed by atoms with van der Waals surface area (Å²) in [5.41, 5.74) is 1.18. The van der Waals surface area contributed by atoms with Crippen molar-refractivity contribution in [3.8, 4) is 5.75 Å². The molecule has 0 fully saturated rings. The van der Waals surface area contributed by atoms with Crippen LogP contribution >= 0.6 is 0 Å². The van der Waals surface area contributed by atoms with Gasteiger partial charge in [-0.3, -0.25) is 19.2 Å². The molecule has 2 aromatic carbocycles. The molecule has 31 heavy (non-hydrogen) atoms. The number of nitrogens with zero attached hydrogens (tertiary/aromatic N) is 3. The first-order valence-electron chi connectivity index (χ1n) is 9.87. The van der Waals surface area contributed by atoms with Crippen molar-refractivity contribution in [3.63, 3.8) is 0 Å². The van der Waals surface area contributed by atoms with Gasteiger partial charge in [-0.1, -0.05) is 18.2 Å². The zero-order chi connectivity index (χ0) is 22.2. The van der Waals surface area contributed by atoms with E-state index < -0.39 is 5.54 Å². The van der Waals surface area contributed by atoms with Gasteiger partial charge >= 0.3 is 0 Å². The van der Waals surface area contributed by atoms with Crippen LogP contribution in [0.5, 0.6) is 5.75 Å². The maximum absolute atomic E-state index is 13.5. The van der Waals surface area contributed by atoms with Crippen molar-refractivity contribution in [1.82, 2.24) is 15.1 Å². The summed E-state index contributed by atoms with van der Waals surface area (Å²) in [4.78, 5) is 28.4. The Balaban J connectivity index is 1.71. The van der Waals surface area contributed by atoms with Crippen molar-refractivity contribution in [2.45, 2.75) is 32.5 Å². The van der Waals surface area contributed by atoms with Crippen LogP contribution in [0.25, 0.3) is 0 Å². The second-order valence-corrected chi connectivity index (χ2v) is 7.75. The van der Waals surface area contributed by atoms with E-state index in [1.807, 2.05) is 0 Å². The van der Waals surface area contributed by atoms with Crippen LogP contribution in [0.15, 0.2) is 54.6 Å². The van der Waals surface area contributed by atoms with Crippen LogP contribution in [0.1, 0.15) is 28.7 Å². The minimum absolute atomic E-state index is 0.189. The summed E-state index contributed by atoms with van der Waals surface area (Å²) in [5, 5.41) is 7.28. The smallest absolute Gasteiger partial charge is 0.277 e. The second kappa shape index (κ2) is 7.86. The highest BCUT2D eigenvalue weighted by molar-refractivity contribution is 6.11. The molecule has 1 aromatic heterocycles. The number of halogens is 1. The van der Waals surface area contributed by atoms with Crippen LogP contribution < -0.4 is 15.0 Å². The van der Waals surface area contributed by atoms with Gasteiger partial charge in [0.25, 0.3) is 5.91 Å². The van der Waals surface area contributed by atoms with Crippen LogP contribution in [-0.2, 0) is 17.9 Å². The molecule has 0 unspecified atom stereocenters. The zero-order valence-electron chi connectivity index (χ0n) is 17.6. The number of amides is 2. The first-order valence-corrected chi connectivity index (χ1v) is 9.87. The lowest BCUT2D eigenvalue weighted by Crippen LogP contribution is -2.64. The highest BCUT2D eigenvalue weighted by Gasteiger charge is 2.48. The van der Waals surface area contributed by atoms with Crippen LogP contribution in [-0.4, -0.2) is 34.2 Å². The molecule has 1 N–H and O–H groups in total. The summed E-state index contributed by atoms with van der Waals surface area (Å²) in [5.74, 6) is -0.424. The standard InChI is InChI=1S/C23H23FN4O3/c1-15-11-20-21(29)28(18-5-4-6-19(12-18)31-3)23(2,14-27(20)26-15)22(30)25-13-16-7-9-17(24)10-8-16/h4-12H,13-14H2,1-3H3,(H,25,30)/t23-/m1/s1. The van der Waals surface area contributed by atoms with E-state index in [1.165, 1.54) is 17.0 Å². The number of rotatable bonds is 5. The third kappa shape index (κ3) is 3.76. The maximum atomic E-state index is 13.5. The largest absolute Gasteiger partial charge is 0.497 e. The number of fused-ring (bicyclic) bond motifs is 1. The molecule has 3 aromatic rings. The molecule has 1 atom stereocenters. The quantitative estimate of drug-likeness (QED) is 0.686. The van der Waals surface area contributed by atoms with Gasteiger partial charge in [-0.05, 0) is 49.7 Å². The Morgan fingerprint density at radius 1 is 1.23 bits per heavy atom. The van der Waals surface area contributed by atoms with Crippen LogP contribution in [0.2, 0.25) is 0 Å². The van der Waals surface area contributed by atoms with E-state index in [2.05, 4.69) is 10.4 Å². The molecule has 0 saturated heterocycles. The van der Waals surface area contributed by atoms with Gasteiger partial charge in [0.15, 0.2) is 0 Å². The average Bonchev–Trinajstić information content (AvgIpc) is 3.13. The van der Waals surface area contributed by atoms with E-state index in [1.54, 1.807) is 68.1 Å². The topological polar surface area (TPSA) is 76.5 Å². The minimum atomic E-state index is -1.24. The average molecular weight is 422 g/mol. The van der Waals surface area contributed by atoms with E-state index >= 15 is 0 Å². The van der Waals surface area contributed by atoms with Gasteiger partial charge in [0, 0.05) is 18.3 Å². The molecule has 2 amide bonds. The first kappa shape index (κ1) is 20.6. The predicted molar refractivity (Wildman–Crippen MR) is 113 cm³/mol. The number of methoxy groups -OCH3 is 1. The Hall–Kier alpha value is -3.68. The first-order chi connectivity index (χ1) is 14.8. The molecule has 4 rings (SSSR count). The third-order valence-corrected chi connectivity index (χ3v) is 5.44. The van der Waals surface area contributed by atoms with E-state index in [0.717, 1.165) is 5.56 Å². The molecule has 0 radical (unpaired) electrons. The molecule has 0 spiro atoms. The molecule has 0 bridgehead atoms. The molecule has 1 aliphatic heterocycles. The Labute approximate surface area is 179 Å². The summed E-state index contributed by atoms with van der Waals surface area (Å²) in [6.45, 7) is 3.92. The van der Waals surface area contributed by atoms with E-state index in [0.29, 0.717) is 22.8 Å². The number of aryl methyl sites for hydroxylation is 1. The van der Waals surface area contributed by atoms with Crippen molar-refractivity contribution in [3.05, 3.63) is 77.4 Å². The molecule has 160 valence electrons. The maximum Gasteiger partial charge on any atom is 0.277 e. The molecular weight excluding hydrogens is 399 g/mol. The third-order valence-electron chi connectivity index (χ3n) is 5.44. The summed E-state index contributed by atoms with van der Waals surface area (Å²) in [6, 6.07) is 14.7. The van der Waals surface area contributed by atoms with Crippen molar-refractivity contribution in [1.29, 1.82) is 0 Å². The molecule has 8 heteroatoms. The van der Waals surface area contributed by atoms with Crippen molar-refractivity contribution < 1.29 is 18.7 Å². The Morgan fingerprint density at radius 3 is 2.68 bits per heavy atom. The van der Waals surface area contributed by atoms with Crippen molar-refractivity contribution in [2.24, 2.45) is 0 Å². The molecule has 7 nitrogen and oxygen atoms in total. The highest BCUT2D eigenvalue weighted by Crippen LogP contribution is 2.34. The number of aromatic nitrogens is 2. The van der Waals surface area contributed by atoms with Crippen molar-refractivity contribution in [2.75, 3.05) is 12.0 Å². The van der Waals surface area contributed by atoms with Gasteiger partial charge in [-0.15, -0.1) is 0 Å². The van der Waals surface area contributed by atoms with Gasteiger partial charge in [-0.2, -0.15) is 5.10 Å². The van der Waals surface area contributed by atoms with E-state index in [-0.39, 0.29) is 30.7 Å². The fraction of sp³-hybridized carbons (Fsp3) is 0.261. The van der Waals surface area contributed by atoms with Crippen molar-refractivity contribution >= 4 is 17.5 Å². The summed E-state index contributed by atoms with van der Waals surface area (Å²) in [7, 11) is 1.55. The Kier molecular flexibility index (Phi) is 5.22. The molecular formula is C23H23FN4O3. The van der Waals surface area contributed by atoms with Gasteiger partial charge in [-0.25, -0.2) is 4.39 Å². The molecule has 0 aliphatic carbocycles. The molecule has 1 aliphatic rings. The van der Waals surface area contributed by atoms with E-state index in [9.17, 15) is 14.0 Å². The lowest BCUT2D eigenvalue weighted by Gasteiger charge is -2.43. The number of hydrogen-bond acceptors (Lipinski definition) is 4. The minimum Gasteiger partial charge on any atom is -0.497 e. The van der Waals surface area contributed by atoms with Gasteiger partial charge in [0.05, 0.1) is 19.3 Å². The van der Waals surface area contributed by atoms with Gasteiger partial charge in [0.1, 0.15) is 22.8 Å². The zero-order valence-corrected chi connectivity index (χ0v) is 17.6. The highest BCUT2D eigenvalue weighted by atomic mass is 19.1. The normalized spacial score (nSPS) is 17.9. The lowest BCUT2D eigenvalue weighted by molar-refractivity contribution is -0.126. The summed E-state index contributed by atoms with van der Waals surface area (Å²) >= 11 is 0. The summed E-state index contributed by atoms with van der Waals surface area (Å²) < 4.78 is 20.1. The SMILES string of the molecule is COc1cccc(N2C(=O)c3cc(C)nn3C[C@]2(C)C(=O)NCc2ccc(F)cc2)c1. The van der Waals surface area contributed by atoms with E-state index in [4.69, 9.17) is 4.74 Å².